The van der Waals surface area contributed by atoms with Crippen molar-refractivity contribution in [3.8, 4) is 0 Å². The minimum Gasteiger partial charge on any atom is -0.389 e. The Kier molecular flexibility index (Phi) is 4.54. The van der Waals surface area contributed by atoms with Gasteiger partial charge in [0.1, 0.15) is 6.04 Å². The van der Waals surface area contributed by atoms with E-state index in [1.165, 1.54) is 0 Å². The van der Waals surface area contributed by atoms with E-state index in [4.69, 9.17) is 0 Å². The molecule has 0 aliphatic carbocycles. The SMILES string of the molecule is CC(O)c1cccc(NC(=O)NC2CCC(=O)NC2=O)c1. The zero-order valence-corrected chi connectivity index (χ0v) is 11.6. The lowest BCUT2D eigenvalue weighted by molar-refractivity contribution is -0.134. The first kappa shape index (κ1) is 15.0. The first-order valence-corrected chi connectivity index (χ1v) is 6.65. The second-order valence-corrected chi connectivity index (χ2v) is 4.90. The summed E-state index contributed by atoms with van der Waals surface area (Å²) in [7, 11) is 0. The number of carbonyl (C=O) groups is 3. The molecule has 2 rings (SSSR count). The van der Waals surface area contributed by atoms with Crippen molar-refractivity contribution in [2.45, 2.75) is 31.9 Å². The van der Waals surface area contributed by atoms with Gasteiger partial charge in [0.2, 0.25) is 11.8 Å². The first-order chi connectivity index (χ1) is 9.95. The number of hydrogen-bond acceptors (Lipinski definition) is 4. The van der Waals surface area contributed by atoms with Gasteiger partial charge in [0.15, 0.2) is 0 Å². The van der Waals surface area contributed by atoms with Crippen molar-refractivity contribution >= 4 is 23.5 Å². The Morgan fingerprint density at radius 1 is 1.43 bits per heavy atom. The summed E-state index contributed by atoms with van der Waals surface area (Å²) < 4.78 is 0. The van der Waals surface area contributed by atoms with Crippen molar-refractivity contribution in [1.82, 2.24) is 10.6 Å². The number of benzene rings is 1. The lowest BCUT2D eigenvalue weighted by Crippen LogP contribution is -2.53. The van der Waals surface area contributed by atoms with Crippen molar-refractivity contribution in [3.05, 3.63) is 29.8 Å². The number of aliphatic hydroxyl groups excluding tert-OH is 1. The number of imide groups is 1. The predicted octanol–water partition coefficient (Wildman–Crippen LogP) is 0.667. The summed E-state index contributed by atoms with van der Waals surface area (Å²) >= 11 is 0. The fourth-order valence-electron chi connectivity index (χ4n) is 2.03. The van der Waals surface area contributed by atoms with Crippen LogP contribution in [-0.4, -0.2) is 29.0 Å². The molecule has 7 heteroatoms. The fourth-order valence-corrected chi connectivity index (χ4v) is 2.03. The predicted molar refractivity (Wildman–Crippen MR) is 75.4 cm³/mol. The Morgan fingerprint density at radius 3 is 2.86 bits per heavy atom. The monoisotopic (exact) mass is 291 g/mol. The van der Waals surface area contributed by atoms with Gasteiger partial charge in [0.25, 0.3) is 0 Å². The van der Waals surface area contributed by atoms with Crippen LogP contribution in [0, 0.1) is 0 Å². The Balaban J connectivity index is 1.94. The topological polar surface area (TPSA) is 108 Å². The summed E-state index contributed by atoms with van der Waals surface area (Å²) in [5.41, 5.74) is 1.19. The molecule has 0 radical (unpaired) electrons. The third kappa shape index (κ3) is 4.03. The van der Waals surface area contributed by atoms with E-state index in [1.54, 1.807) is 31.2 Å². The van der Waals surface area contributed by atoms with Gasteiger partial charge >= 0.3 is 6.03 Å². The number of rotatable bonds is 3. The molecule has 1 aliphatic heterocycles. The van der Waals surface area contributed by atoms with Crippen LogP contribution in [0.1, 0.15) is 31.4 Å². The minimum atomic E-state index is -0.720. The number of urea groups is 1. The van der Waals surface area contributed by atoms with Gasteiger partial charge in [-0.05, 0) is 31.0 Å². The van der Waals surface area contributed by atoms with Crippen LogP contribution < -0.4 is 16.0 Å². The zero-order valence-electron chi connectivity index (χ0n) is 11.6. The van der Waals surface area contributed by atoms with Crippen molar-refractivity contribution < 1.29 is 19.5 Å². The van der Waals surface area contributed by atoms with Gasteiger partial charge in [0.05, 0.1) is 6.10 Å². The molecule has 1 aliphatic rings. The van der Waals surface area contributed by atoms with Crippen LogP contribution in [0.4, 0.5) is 10.5 Å². The third-order valence-electron chi connectivity index (χ3n) is 3.17. The van der Waals surface area contributed by atoms with E-state index in [2.05, 4.69) is 16.0 Å². The molecule has 1 saturated heterocycles. The third-order valence-corrected chi connectivity index (χ3v) is 3.17. The molecule has 0 aromatic heterocycles. The lowest BCUT2D eigenvalue weighted by Gasteiger charge is -2.22. The van der Waals surface area contributed by atoms with Crippen LogP contribution >= 0.6 is 0 Å². The average molecular weight is 291 g/mol. The fraction of sp³-hybridized carbons (Fsp3) is 0.357. The highest BCUT2D eigenvalue weighted by Crippen LogP contribution is 2.17. The van der Waals surface area contributed by atoms with E-state index in [0.29, 0.717) is 11.3 Å². The van der Waals surface area contributed by atoms with Gasteiger partial charge < -0.3 is 15.7 Å². The molecule has 0 spiro atoms. The summed E-state index contributed by atoms with van der Waals surface area (Å²) in [6.45, 7) is 1.63. The maximum absolute atomic E-state index is 11.8. The highest BCUT2D eigenvalue weighted by molar-refractivity contribution is 6.02. The van der Waals surface area contributed by atoms with Gasteiger partial charge in [-0.2, -0.15) is 0 Å². The largest absolute Gasteiger partial charge is 0.389 e. The van der Waals surface area contributed by atoms with E-state index in [9.17, 15) is 19.5 Å². The molecular weight excluding hydrogens is 274 g/mol. The normalized spacial score (nSPS) is 19.6. The number of aliphatic hydroxyl groups is 1. The van der Waals surface area contributed by atoms with Crippen molar-refractivity contribution in [1.29, 1.82) is 0 Å². The number of hydrogen-bond donors (Lipinski definition) is 4. The summed E-state index contributed by atoms with van der Waals surface area (Å²) in [5, 5.41) is 16.8. The molecule has 4 N–H and O–H groups in total. The Morgan fingerprint density at radius 2 is 2.19 bits per heavy atom. The number of carbonyl (C=O) groups excluding carboxylic acids is 3. The van der Waals surface area contributed by atoms with E-state index in [0.717, 1.165) is 0 Å². The molecule has 1 aromatic carbocycles. The molecule has 0 bridgehead atoms. The van der Waals surface area contributed by atoms with Gasteiger partial charge in [0, 0.05) is 12.1 Å². The van der Waals surface area contributed by atoms with Crippen molar-refractivity contribution in [2.24, 2.45) is 0 Å². The first-order valence-electron chi connectivity index (χ1n) is 6.65. The van der Waals surface area contributed by atoms with E-state index < -0.39 is 24.1 Å². The molecule has 1 fully saturated rings. The Hall–Kier alpha value is -2.41. The van der Waals surface area contributed by atoms with Gasteiger partial charge in [-0.1, -0.05) is 12.1 Å². The lowest BCUT2D eigenvalue weighted by atomic mass is 10.1. The second-order valence-electron chi connectivity index (χ2n) is 4.90. The van der Waals surface area contributed by atoms with Gasteiger partial charge in [-0.15, -0.1) is 0 Å². The molecule has 112 valence electrons. The Bertz CT molecular complexity index is 571. The molecule has 4 amide bonds. The molecule has 0 saturated carbocycles. The zero-order chi connectivity index (χ0) is 15.4. The molecule has 2 unspecified atom stereocenters. The second kappa shape index (κ2) is 6.36. The number of anilines is 1. The van der Waals surface area contributed by atoms with Crippen LogP contribution in [0.15, 0.2) is 24.3 Å². The molecule has 7 nitrogen and oxygen atoms in total. The average Bonchev–Trinajstić information content (AvgIpc) is 2.42. The van der Waals surface area contributed by atoms with E-state index in [1.807, 2.05) is 0 Å². The summed E-state index contributed by atoms with van der Waals surface area (Å²) in [6.07, 6.45) is -0.148. The highest BCUT2D eigenvalue weighted by Gasteiger charge is 2.27. The minimum absolute atomic E-state index is 0.203. The summed E-state index contributed by atoms with van der Waals surface area (Å²) in [6, 6.07) is 5.53. The van der Waals surface area contributed by atoms with Gasteiger partial charge in [-0.3, -0.25) is 14.9 Å². The van der Waals surface area contributed by atoms with Crippen LogP contribution in [0.25, 0.3) is 0 Å². The van der Waals surface area contributed by atoms with Gasteiger partial charge in [-0.25, -0.2) is 4.79 Å². The molecule has 2 atom stereocenters. The molecule has 21 heavy (non-hydrogen) atoms. The quantitative estimate of drug-likeness (QED) is 0.614. The molecule has 1 aromatic rings. The maximum Gasteiger partial charge on any atom is 0.319 e. The summed E-state index contributed by atoms with van der Waals surface area (Å²) in [5.74, 6) is -0.831. The van der Waals surface area contributed by atoms with Crippen LogP contribution in [-0.2, 0) is 9.59 Å². The Labute approximate surface area is 121 Å². The van der Waals surface area contributed by atoms with Crippen LogP contribution in [0.2, 0.25) is 0 Å². The number of piperidine rings is 1. The van der Waals surface area contributed by atoms with Crippen molar-refractivity contribution in [2.75, 3.05) is 5.32 Å². The van der Waals surface area contributed by atoms with E-state index >= 15 is 0 Å². The van der Waals surface area contributed by atoms with Crippen LogP contribution in [0.5, 0.6) is 0 Å². The molecular formula is C14H17N3O4. The highest BCUT2D eigenvalue weighted by atomic mass is 16.3. The smallest absolute Gasteiger partial charge is 0.319 e. The summed E-state index contributed by atoms with van der Waals surface area (Å²) in [4.78, 5) is 34.4. The maximum atomic E-state index is 11.8. The number of nitrogens with one attached hydrogen (secondary N) is 3. The number of amides is 4. The molecule has 1 heterocycles. The van der Waals surface area contributed by atoms with E-state index in [-0.39, 0.29) is 18.7 Å². The standard InChI is InChI=1S/C14H17N3O4/c1-8(18)9-3-2-4-10(7-9)15-14(21)16-11-5-6-12(19)17-13(11)20/h2-4,7-8,11,18H,5-6H2,1H3,(H2,15,16,21)(H,17,19,20). The van der Waals surface area contributed by atoms with Crippen LogP contribution in [0.3, 0.4) is 0 Å². The van der Waals surface area contributed by atoms with Crippen molar-refractivity contribution in [3.63, 3.8) is 0 Å².